The summed E-state index contributed by atoms with van der Waals surface area (Å²) in [5, 5.41) is 3.12. The van der Waals surface area contributed by atoms with Crippen molar-refractivity contribution in [3.05, 3.63) is 45.4 Å². The number of aromatic nitrogens is 1. The van der Waals surface area contributed by atoms with Gasteiger partial charge in [-0.15, -0.1) is 11.3 Å². The molecule has 4 heteroatoms. The Labute approximate surface area is 111 Å². The van der Waals surface area contributed by atoms with Crippen LogP contribution in [0.1, 0.15) is 34.3 Å². The topological polar surface area (TPSA) is 48.1 Å². The van der Waals surface area contributed by atoms with Crippen LogP contribution in [0.2, 0.25) is 0 Å². The molecule has 0 radical (unpaired) electrons. The monoisotopic (exact) mass is 260 g/mol. The minimum absolute atomic E-state index is 0.204. The van der Waals surface area contributed by atoms with Crippen molar-refractivity contribution in [1.82, 2.24) is 4.98 Å². The zero-order valence-electron chi connectivity index (χ0n) is 10.3. The van der Waals surface area contributed by atoms with E-state index in [1.165, 1.54) is 11.1 Å². The zero-order chi connectivity index (χ0) is 12.5. The summed E-state index contributed by atoms with van der Waals surface area (Å²) < 4.78 is 5.77. The average molecular weight is 260 g/mol. The first-order valence-corrected chi connectivity index (χ1v) is 7.02. The molecule has 94 valence electrons. The molecular weight excluding hydrogens is 244 g/mol. The molecule has 1 aromatic heterocycles. The minimum Gasteiger partial charge on any atom is -0.487 e. The van der Waals surface area contributed by atoms with Gasteiger partial charge in [-0.2, -0.15) is 0 Å². The standard InChI is InChI=1S/C14H16N2OS/c1-9-16-11(8-18-9)7-17-12-3-4-13-10(6-12)2-5-14(13)15/h3-4,6,8,14H,2,5,7,15H2,1H3/t14-/m1/s1. The second-order valence-corrected chi connectivity index (χ2v) is 5.71. The lowest BCUT2D eigenvalue weighted by atomic mass is 10.1. The van der Waals surface area contributed by atoms with Gasteiger partial charge in [0.2, 0.25) is 0 Å². The quantitative estimate of drug-likeness (QED) is 0.923. The summed E-state index contributed by atoms with van der Waals surface area (Å²) in [6.45, 7) is 2.54. The third-order valence-electron chi connectivity index (χ3n) is 3.29. The van der Waals surface area contributed by atoms with E-state index in [4.69, 9.17) is 10.5 Å². The highest BCUT2D eigenvalue weighted by atomic mass is 32.1. The molecule has 1 heterocycles. The van der Waals surface area contributed by atoms with E-state index in [1.807, 2.05) is 18.4 Å². The van der Waals surface area contributed by atoms with E-state index in [0.29, 0.717) is 6.61 Å². The average Bonchev–Trinajstić information content (AvgIpc) is 2.94. The zero-order valence-corrected chi connectivity index (χ0v) is 11.2. The number of nitrogens with zero attached hydrogens (tertiary/aromatic N) is 1. The van der Waals surface area contributed by atoms with Gasteiger partial charge in [0.1, 0.15) is 12.4 Å². The number of aryl methyl sites for hydroxylation is 2. The van der Waals surface area contributed by atoms with Crippen molar-refractivity contribution in [3.63, 3.8) is 0 Å². The molecule has 1 aliphatic rings. The molecule has 3 nitrogen and oxygen atoms in total. The summed E-state index contributed by atoms with van der Waals surface area (Å²) in [5.74, 6) is 0.911. The SMILES string of the molecule is Cc1nc(COc2ccc3c(c2)CC[C@H]3N)cs1. The van der Waals surface area contributed by atoms with Gasteiger partial charge in [-0.1, -0.05) is 6.07 Å². The molecule has 0 amide bonds. The highest BCUT2D eigenvalue weighted by Crippen LogP contribution is 2.32. The molecule has 1 aromatic carbocycles. The number of fused-ring (bicyclic) bond motifs is 1. The van der Waals surface area contributed by atoms with Crippen LogP contribution in [0.25, 0.3) is 0 Å². The van der Waals surface area contributed by atoms with Gasteiger partial charge in [-0.3, -0.25) is 0 Å². The number of hydrogen-bond donors (Lipinski definition) is 1. The molecule has 0 spiro atoms. The van der Waals surface area contributed by atoms with Gasteiger partial charge in [-0.05, 0) is 43.0 Å². The van der Waals surface area contributed by atoms with Crippen molar-refractivity contribution < 1.29 is 4.74 Å². The Bertz CT molecular complexity index is 565. The molecular formula is C14H16N2OS. The fourth-order valence-corrected chi connectivity index (χ4v) is 2.95. The van der Waals surface area contributed by atoms with E-state index in [-0.39, 0.29) is 6.04 Å². The van der Waals surface area contributed by atoms with Crippen molar-refractivity contribution in [2.24, 2.45) is 5.73 Å². The molecule has 0 unspecified atom stereocenters. The summed E-state index contributed by atoms with van der Waals surface area (Å²) in [6, 6.07) is 6.41. The summed E-state index contributed by atoms with van der Waals surface area (Å²) in [5.41, 5.74) is 9.61. The van der Waals surface area contributed by atoms with Crippen LogP contribution in [0, 0.1) is 6.92 Å². The third kappa shape index (κ3) is 2.26. The maximum atomic E-state index is 6.01. The van der Waals surface area contributed by atoms with E-state index in [0.717, 1.165) is 29.3 Å². The van der Waals surface area contributed by atoms with Gasteiger partial charge >= 0.3 is 0 Å². The Morgan fingerprint density at radius 3 is 3.17 bits per heavy atom. The fraction of sp³-hybridized carbons (Fsp3) is 0.357. The highest BCUT2D eigenvalue weighted by molar-refractivity contribution is 7.09. The van der Waals surface area contributed by atoms with Crippen LogP contribution in [-0.4, -0.2) is 4.98 Å². The van der Waals surface area contributed by atoms with E-state index in [1.54, 1.807) is 11.3 Å². The lowest BCUT2D eigenvalue weighted by Gasteiger charge is -2.08. The largest absolute Gasteiger partial charge is 0.487 e. The van der Waals surface area contributed by atoms with Crippen LogP contribution >= 0.6 is 11.3 Å². The third-order valence-corrected chi connectivity index (χ3v) is 4.11. The number of rotatable bonds is 3. The molecule has 0 aliphatic heterocycles. The molecule has 1 atom stereocenters. The predicted molar refractivity (Wildman–Crippen MR) is 72.9 cm³/mol. The fourth-order valence-electron chi connectivity index (χ4n) is 2.35. The van der Waals surface area contributed by atoms with Gasteiger partial charge in [-0.25, -0.2) is 4.98 Å². The van der Waals surface area contributed by atoms with E-state index < -0.39 is 0 Å². The molecule has 0 saturated carbocycles. The van der Waals surface area contributed by atoms with Crippen molar-refractivity contribution in [2.45, 2.75) is 32.4 Å². The summed E-state index contributed by atoms with van der Waals surface area (Å²) in [6.07, 6.45) is 2.10. The molecule has 1 aliphatic carbocycles. The first-order valence-electron chi connectivity index (χ1n) is 6.14. The molecule has 18 heavy (non-hydrogen) atoms. The Morgan fingerprint density at radius 2 is 2.39 bits per heavy atom. The second-order valence-electron chi connectivity index (χ2n) is 4.65. The number of hydrogen-bond acceptors (Lipinski definition) is 4. The van der Waals surface area contributed by atoms with E-state index >= 15 is 0 Å². The van der Waals surface area contributed by atoms with Gasteiger partial charge in [0.05, 0.1) is 10.7 Å². The Morgan fingerprint density at radius 1 is 1.50 bits per heavy atom. The predicted octanol–water partition coefficient (Wildman–Crippen LogP) is 2.98. The Hall–Kier alpha value is -1.39. The number of nitrogens with two attached hydrogens (primary N) is 1. The van der Waals surface area contributed by atoms with Crippen LogP contribution in [0.4, 0.5) is 0 Å². The summed E-state index contributed by atoms with van der Waals surface area (Å²) >= 11 is 1.65. The van der Waals surface area contributed by atoms with Gasteiger partial charge < -0.3 is 10.5 Å². The molecule has 3 rings (SSSR count). The van der Waals surface area contributed by atoms with Crippen LogP contribution in [0.3, 0.4) is 0 Å². The summed E-state index contributed by atoms with van der Waals surface area (Å²) in [7, 11) is 0. The van der Waals surface area contributed by atoms with E-state index in [2.05, 4.69) is 17.1 Å². The van der Waals surface area contributed by atoms with Crippen LogP contribution in [0.5, 0.6) is 5.75 Å². The Balaban J connectivity index is 1.70. The lowest BCUT2D eigenvalue weighted by Crippen LogP contribution is -2.05. The smallest absolute Gasteiger partial charge is 0.131 e. The van der Waals surface area contributed by atoms with Crippen molar-refractivity contribution in [2.75, 3.05) is 0 Å². The highest BCUT2D eigenvalue weighted by Gasteiger charge is 2.19. The van der Waals surface area contributed by atoms with Crippen molar-refractivity contribution in [1.29, 1.82) is 0 Å². The van der Waals surface area contributed by atoms with Gasteiger partial charge in [0.15, 0.2) is 0 Å². The molecule has 2 aromatic rings. The van der Waals surface area contributed by atoms with Crippen molar-refractivity contribution >= 4 is 11.3 Å². The van der Waals surface area contributed by atoms with Gasteiger partial charge in [0.25, 0.3) is 0 Å². The molecule has 2 N–H and O–H groups in total. The maximum Gasteiger partial charge on any atom is 0.131 e. The lowest BCUT2D eigenvalue weighted by molar-refractivity contribution is 0.301. The number of benzene rings is 1. The van der Waals surface area contributed by atoms with Crippen LogP contribution in [-0.2, 0) is 13.0 Å². The van der Waals surface area contributed by atoms with Crippen LogP contribution in [0.15, 0.2) is 23.6 Å². The molecule has 0 fully saturated rings. The van der Waals surface area contributed by atoms with Crippen molar-refractivity contribution in [3.8, 4) is 5.75 Å². The molecule has 0 saturated heterocycles. The number of thiazole rings is 1. The summed E-state index contributed by atoms with van der Waals surface area (Å²) in [4.78, 5) is 4.38. The van der Waals surface area contributed by atoms with Gasteiger partial charge in [0, 0.05) is 11.4 Å². The number of ether oxygens (including phenoxy) is 1. The minimum atomic E-state index is 0.204. The normalized spacial score (nSPS) is 17.8. The molecule has 0 bridgehead atoms. The van der Waals surface area contributed by atoms with E-state index in [9.17, 15) is 0 Å². The maximum absolute atomic E-state index is 6.01. The Kier molecular flexibility index (Phi) is 3.06. The second kappa shape index (κ2) is 4.71. The van der Waals surface area contributed by atoms with Crippen LogP contribution < -0.4 is 10.5 Å². The first kappa shape index (κ1) is 11.7. The first-order chi connectivity index (χ1) is 8.72.